The van der Waals surface area contributed by atoms with Crippen LogP contribution in [0.5, 0.6) is 0 Å². The molecule has 0 atom stereocenters. The van der Waals surface area contributed by atoms with E-state index in [1.54, 1.807) is 38.1 Å². The lowest BCUT2D eigenvalue weighted by Gasteiger charge is -2.08. The molecule has 0 bridgehead atoms. The molecule has 2 heterocycles. The Balaban J connectivity index is 1.70. The number of hydrogen-bond acceptors (Lipinski definition) is 6. The van der Waals surface area contributed by atoms with Gasteiger partial charge in [0.15, 0.2) is 0 Å². The monoisotopic (exact) mass is 540 g/mol. The number of amides is 2. The quantitative estimate of drug-likeness (QED) is 0.226. The number of halogens is 1. The molecule has 2 aromatic carbocycles. The zero-order chi connectivity index (χ0) is 25.8. The van der Waals surface area contributed by atoms with Crippen LogP contribution >= 0.6 is 34.3 Å². The molecule has 2 aromatic heterocycles. The van der Waals surface area contributed by atoms with Crippen LogP contribution in [0.1, 0.15) is 61.1 Å². The number of anilines is 2. The van der Waals surface area contributed by atoms with Crippen LogP contribution in [0.25, 0.3) is 10.1 Å². The summed E-state index contributed by atoms with van der Waals surface area (Å²) in [5, 5.41) is 7.63. The lowest BCUT2D eigenvalue weighted by Crippen LogP contribution is -2.15. The average Bonchev–Trinajstić information content (AvgIpc) is 3.38. The normalized spacial score (nSPS) is 10.9. The molecule has 0 saturated heterocycles. The Morgan fingerprint density at radius 2 is 1.61 bits per heavy atom. The molecule has 4 aromatic rings. The molecule has 0 saturated carbocycles. The molecule has 0 aliphatic heterocycles. The molecule has 186 valence electrons. The maximum atomic E-state index is 13.5. The third kappa shape index (κ3) is 5.31. The van der Waals surface area contributed by atoms with Crippen LogP contribution in [0, 0.1) is 6.92 Å². The van der Waals surface area contributed by atoms with Gasteiger partial charge in [-0.15, -0.1) is 22.7 Å². The van der Waals surface area contributed by atoms with E-state index in [-0.39, 0.29) is 29.0 Å². The van der Waals surface area contributed by atoms with E-state index >= 15 is 0 Å². The van der Waals surface area contributed by atoms with Crippen molar-refractivity contribution in [1.29, 1.82) is 0 Å². The van der Waals surface area contributed by atoms with Crippen molar-refractivity contribution < 1.29 is 19.1 Å². The number of hydrogen-bond donors (Lipinski definition) is 2. The van der Waals surface area contributed by atoms with Crippen molar-refractivity contribution in [3.05, 3.63) is 80.0 Å². The molecule has 0 aliphatic rings. The molecule has 2 N–H and O–H groups in total. The van der Waals surface area contributed by atoms with E-state index in [9.17, 15) is 14.4 Å². The molecule has 6 nitrogen and oxygen atoms in total. The molecule has 2 amide bonds. The van der Waals surface area contributed by atoms with E-state index in [1.165, 1.54) is 11.3 Å². The van der Waals surface area contributed by atoms with Crippen LogP contribution < -0.4 is 10.6 Å². The van der Waals surface area contributed by atoms with Crippen LogP contribution in [0.4, 0.5) is 10.7 Å². The summed E-state index contributed by atoms with van der Waals surface area (Å²) >= 11 is 8.41. The summed E-state index contributed by atoms with van der Waals surface area (Å²) < 4.78 is 6.27. The Bertz CT molecular complexity index is 1440. The van der Waals surface area contributed by atoms with Gasteiger partial charge in [0.1, 0.15) is 5.00 Å². The van der Waals surface area contributed by atoms with Gasteiger partial charge in [0.2, 0.25) is 0 Å². The second kappa shape index (κ2) is 11.2. The summed E-state index contributed by atoms with van der Waals surface area (Å²) in [7, 11) is 0. The summed E-state index contributed by atoms with van der Waals surface area (Å²) in [6, 6.07) is 14.6. The van der Waals surface area contributed by atoms with E-state index in [0.717, 1.165) is 39.8 Å². The van der Waals surface area contributed by atoms with Crippen molar-refractivity contribution in [2.45, 2.75) is 33.6 Å². The van der Waals surface area contributed by atoms with Crippen LogP contribution in [-0.2, 0) is 11.2 Å². The fourth-order valence-electron chi connectivity index (χ4n) is 3.93. The zero-order valence-corrected chi connectivity index (χ0v) is 22.5. The second-order valence-electron chi connectivity index (χ2n) is 8.05. The number of esters is 1. The molecule has 0 spiro atoms. The first kappa shape index (κ1) is 25.9. The summed E-state index contributed by atoms with van der Waals surface area (Å²) in [4.78, 5) is 40.3. The Morgan fingerprint density at radius 3 is 2.31 bits per heavy atom. The molecule has 0 fully saturated rings. The van der Waals surface area contributed by atoms with Gasteiger partial charge in [-0.3, -0.25) is 9.59 Å². The van der Waals surface area contributed by atoms with Crippen molar-refractivity contribution >= 4 is 72.8 Å². The van der Waals surface area contributed by atoms with Gasteiger partial charge >= 0.3 is 5.97 Å². The van der Waals surface area contributed by atoms with Crippen LogP contribution in [0.2, 0.25) is 5.02 Å². The summed E-state index contributed by atoms with van der Waals surface area (Å²) in [5.74, 6) is -1.28. The number of nitrogens with one attached hydrogen (secondary N) is 2. The van der Waals surface area contributed by atoms with E-state index in [1.807, 2.05) is 24.3 Å². The van der Waals surface area contributed by atoms with Crippen molar-refractivity contribution in [2.24, 2.45) is 0 Å². The average molecular weight is 541 g/mol. The van der Waals surface area contributed by atoms with E-state index in [2.05, 4.69) is 17.6 Å². The van der Waals surface area contributed by atoms with Crippen molar-refractivity contribution in [2.75, 3.05) is 17.2 Å². The van der Waals surface area contributed by atoms with Gasteiger partial charge in [0.25, 0.3) is 11.8 Å². The minimum atomic E-state index is -0.586. The van der Waals surface area contributed by atoms with Crippen molar-refractivity contribution in [1.82, 2.24) is 0 Å². The SMILES string of the molecule is CCCc1c(C(=O)Nc2sc(C(=O)Nc3ccc(Cl)cc3)c(C)c2C(=O)OCC)sc2ccccc12. The van der Waals surface area contributed by atoms with Gasteiger partial charge in [0, 0.05) is 15.4 Å². The molecule has 0 unspecified atom stereocenters. The molecule has 0 aliphatic carbocycles. The molecular weight excluding hydrogens is 516 g/mol. The first-order chi connectivity index (χ1) is 17.3. The number of benzene rings is 2. The lowest BCUT2D eigenvalue weighted by atomic mass is 10.1. The number of aryl methyl sites for hydroxylation is 1. The summed E-state index contributed by atoms with van der Waals surface area (Å²) in [6.07, 6.45) is 1.65. The van der Waals surface area contributed by atoms with Crippen molar-refractivity contribution in [3.8, 4) is 0 Å². The third-order valence-electron chi connectivity index (χ3n) is 5.57. The van der Waals surface area contributed by atoms with Crippen LogP contribution in [0.3, 0.4) is 0 Å². The lowest BCUT2D eigenvalue weighted by molar-refractivity contribution is 0.0527. The highest BCUT2D eigenvalue weighted by Crippen LogP contribution is 2.37. The number of carbonyl (C=O) groups is 3. The maximum absolute atomic E-state index is 13.5. The Kier molecular flexibility index (Phi) is 8.08. The highest BCUT2D eigenvalue weighted by atomic mass is 35.5. The Hall–Kier alpha value is -3.20. The van der Waals surface area contributed by atoms with Crippen LogP contribution in [-0.4, -0.2) is 24.4 Å². The van der Waals surface area contributed by atoms with E-state index in [0.29, 0.717) is 26.0 Å². The van der Waals surface area contributed by atoms with Gasteiger partial charge in [-0.2, -0.15) is 0 Å². The summed E-state index contributed by atoms with van der Waals surface area (Å²) in [5.41, 5.74) is 2.19. The van der Waals surface area contributed by atoms with Crippen molar-refractivity contribution in [3.63, 3.8) is 0 Å². The molecule has 0 radical (unpaired) electrons. The fourth-order valence-corrected chi connectivity index (χ4v) is 6.29. The highest BCUT2D eigenvalue weighted by Gasteiger charge is 2.28. The van der Waals surface area contributed by atoms with Gasteiger partial charge < -0.3 is 15.4 Å². The third-order valence-corrected chi connectivity index (χ3v) is 8.24. The minimum absolute atomic E-state index is 0.171. The fraction of sp³-hybridized carbons (Fsp3) is 0.222. The first-order valence-electron chi connectivity index (χ1n) is 11.5. The summed E-state index contributed by atoms with van der Waals surface area (Å²) in [6.45, 7) is 5.63. The van der Waals surface area contributed by atoms with Gasteiger partial charge in [-0.05, 0) is 67.1 Å². The van der Waals surface area contributed by atoms with Gasteiger partial charge in [-0.1, -0.05) is 43.1 Å². The second-order valence-corrected chi connectivity index (χ2v) is 10.6. The highest BCUT2D eigenvalue weighted by molar-refractivity contribution is 7.21. The number of rotatable bonds is 8. The smallest absolute Gasteiger partial charge is 0.341 e. The molecule has 36 heavy (non-hydrogen) atoms. The molecule has 4 rings (SSSR count). The predicted octanol–water partition coefficient (Wildman–Crippen LogP) is 7.56. The number of fused-ring (bicyclic) bond motifs is 1. The first-order valence-corrected chi connectivity index (χ1v) is 13.5. The predicted molar refractivity (Wildman–Crippen MR) is 148 cm³/mol. The maximum Gasteiger partial charge on any atom is 0.341 e. The number of carbonyl (C=O) groups excluding carboxylic acids is 3. The minimum Gasteiger partial charge on any atom is -0.462 e. The largest absolute Gasteiger partial charge is 0.462 e. The number of thiophene rings is 2. The van der Waals surface area contributed by atoms with E-state index < -0.39 is 5.97 Å². The van der Waals surface area contributed by atoms with Gasteiger partial charge in [-0.25, -0.2) is 4.79 Å². The molecular formula is C27H25ClN2O4S2. The van der Waals surface area contributed by atoms with Crippen LogP contribution in [0.15, 0.2) is 48.5 Å². The topological polar surface area (TPSA) is 84.5 Å². The van der Waals surface area contributed by atoms with Gasteiger partial charge in [0.05, 0.1) is 21.9 Å². The Labute approximate surface area is 222 Å². The Morgan fingerprint density at radius 1 is 0.917 bits per heavy atom. The standard InChI is InChI=1S/C27H25ClN2O4S2/c1-4-8-19-18-9-6-7-10-20(18)35-23(19)25(32)30-26-21(27(33)34-5-2)15(3)22(36-26)24(31)29-17-13-11-16(28)12-14-17/h6-7,9-14H,4-5,8H2,1-3H3,(H,29,31)(H,30,32). The zero-order valence-electron chi connectivity index (χ0n) is 20.1. The number of ether oxygens (including phenoxy) is 1. The molecule has 9 heteroatoms. The van der Waals surface area contributed by atoms with E-state index in [4.69, 9.17) is 16.3 Å².